The molecule has 0 bridgehead atoms. The van der Waals surface area contributed by atoms with Crippen molar-refractivity contribution in [1.29, 1.82) is 0 Å². The summed E-state index contributed by atoms with van der Waals surface area (Å²) < 4.78 is 34.6. The van der Waals surface area contributed by atoms with E-state index in [-0.39, 0.29) is 17.8 Å². The summed E-state index contributed by atoms with van der Waals surface area (Å²) in [5.41, 5.74) is 1.22. The van der Waals surface area contributed by atoms with Crippen LogP contribution in [0.1, 0.15) is 76.2 Å². The van der Waals surface area contributed by atoms with Gasteiger partial charge in [-0.3, -0.25) is 0 Å². The van der Waals surface area contributed by atoms with Gasteiger partial charge in [0, 0.05) is 6.08 Å². The van der Waals surface area contributed by atoms with Crippen LogP contribution < -0.4 is 4.74 Å². The highest BCUT2D eigenvalue weighted by atomic mass is 19.3. The Morgan fingerprint density at radius 1 is 1.00 bits per heavy atom. The van der Waals surface area contributed by atoms with Crippen molar-refractivity contribution in [1.82, 2.24) is 0 Å². The number of benzene rings is 1. The molecule has 0 amide bonds. The summed E-state index contributed by atoms with van der Waals surface area (Å²) in [6.07, 6.45) is 13.3. The van der Waals surface area contributed by atoms with Gasteiger partial charge in [0.1, 0.15) is 11.9 Å². The molecule has 0 unspecified atom stereocenters. The van der Waals surface area contributed by atoms with Gasteiger partial charge in [-0.05, 0) is 93.2 Å². The van der Waals surface area contributed by atoms with Gasteiger partial charge in [-0.2, -0.15) is 8.78 Å². The van der Waals surface area contributed by atoms with Gasteiger partial charge in [-0.15, -0.1) is 0 Å². The molecule has 0 radical (unpaired) electrons. The van der Waals surface area contributed by atoms with E-state index in [4.69, 9.17) is 4.74 Å². The third-order valence-electron chi connectivity index (χ3n) is 6.51. The lowest BCUT2D eigenvalue weighted by atomic mass is 9.69. The molecule has 2 fully saturated rings. The van der Waals surface area contributed by atoms with E-state index in [0.717, 1.165) is 56.8 Å². The first-order chi connectivity index (χ1) is 14.0. The fourth-order valence-electron chi connectivity index (χ4n) is 4.94. The van der Waals surface area contributed by atoms with E-state index < -0.39 is 6.61 Å². The maximum absolute atomic E-state index is 12.3. The predicted molar refractivity (Wildman–Crippen MR) is 109 cm³/mol. The van der Waals surface area contributed by atoms with Crippen LogP contribution in [0.2, 0.25) is 0 Å². The van der Waals surface area contributed by atoms with Crippen LogP contribution in [-0.4, -0.2) is 18.7 Å². The lowest BCUT2D eigenvalue weighted by Gasteiger charge is -2.37. The van der Waals surface area contributed by atoms with Crippen molar-refractivity contribution in [3.63, 3.8) is 0 Å². The first-order valence-corrected chi connectivity index (χ1v) is 11.0. The largest absolute Gasteiger partial charge is 0.459 e. The highest BCUT2D eigenvalue weighted by molar-refractivity contribution is 5.82. The summed E-state index contributed by atoms with van der Waals surface area (Å²) in [7, 11) is 0. The van der Waals surface area contributed by atoms with Gasteiger partial charge >= 0.3 is 12.6 Å². The minimum absolute atomic E-state index is 0.0746. The Morgan fingerprint density at radius 2 is 1.59 bits per heavy atom. The van der Waals surface area contributed by atoms with Gasteiger partial charge in [-0.1, -0.05) is 25.1 Å². The van der Waals surface area contributed by atoms with Gasteiger partial charge in [0.15, 0.2) is 0 Å². The summed E-state index contributed by atoms with van der Waals surface area (Å²) in [6.45, 7) is -0.775. The summed E-state index contributed by atoms with van der Waals surface area (Å²) >= 11 is 0. The van der Waals surface area contributed by atoms with Crippen molar-refractivity contribution >= 4 is 5.97 Å². The summed E-state index contributed by atoms with van der Waals surface area (Å²) in [6, 6.07) is 7.14. The number of alkyl halides is 2. The van der Waals surface area contributed by atoms with Crippen LogP contribution in [0.4, 0.5) is 8.78 Å². The molecule has 0 aromatic heterocycles. The van der Waals surface area contributed by atoms with E-state index in [0.29, 0.717) is 5.92 Å². The van der Waals surface area contributed by atoms with Crippen molar-refractivity contribution in [2.75, 3.05) is 0 Å². The third-order valence-corrected chi connectivity index (χ3v) is 6.51. The first kappa shape index (κ1) is 21.8. The summed E-state index contributed by atoms with van der Waals surface area (Å²) in [4.78, 5) is 11.7. The lowest BCUT2D eigenvalue weighted by Crippen LogP contribution is -2.29. The molecule has 0 atom stereocenters. The van der Waals surface area contributed by atoms with Crippen LogP contribution in [-0.2, 0) is 9.53 Å². The molecule has 160 valence electrons. The monoisotopic (exact) mass is 406 g/mol. The zero-order valence-corrected chi connectivity index (χ0v) is 17.2. The number of halogens is 2. The summed E-state index contributed by atoms with van der Waals surface area (Å²) in [5.74, 6) is 2.01. The molecule has 3 rings (SSSR count). The normalized spacial score (nSPS) is 27.9. The maximum atomic E-state index is 12.3. The van der Waals surface area contributed by atoms with Gasteiger partial charge < -0.3 is 9.47 Å². The van der Waals surface area contributed by atoms with Crippen LogP contribution >= 0.6 is 0 Å². The average Bonchev–Trinajstić information content (AvgIpc) is 2.73. The van der Waals surface area contributed by atoms with Crippen LogP contribution in [0.25, 0.3) is 0 Å². The molecule has 29 heavy (non-hydrogen) atoms. The number of hydrogen-bond acceptors (Lipinski definition) is 3. The Labute approximate surface area is 172 Å². The summed E-state index contributed by atoms with van der Waals surface area (Å²) in [5, 5.41) is 0. The van der Waals surface area contributed by atoms with Crippen molar-refractivity contribution in [2.45, 2.75) is 83.3 Å². The molecule has 2 aliphatic rings. The topological polar surface area (TPSA) is 35.5 Å². The van der Waals surface area contributed by atoms with E-state index in [1.54, 1.807) is 18.2 Å². The molecular weight excluding hydrogens is 374 g/mol. The molecular formula is C24H32F2O3. The van der Waals surface area contributed by atoms with E-state index in [9.17, 15) is 13.6 Å². The Bertz CT molecular complexity index is 655. The van der Waals surface area contributed by atoms with Crippen LogP contribution in [0, 0.1) is 11.8 Å². The van der Waals surface area contributed by atoms with Crippen molar-refractivity contribution < 1.29 is 23.0 Å². The Hall–Kier alpha value is -1.91. The van der Waals surface area contributed by atoms with Crippen molar-refractivity contribution in [3.05, 3.63) is 42.0 Å². The number of ether oxygens (including phenoxy) is 2. The second kappa shape index (κ2) is 10.7. The molecule has 1 aromatic carbocycles. The highest BCUT2D eigenvalue weighted by Gasteiger charge is 2.32. The first-order valence-electron chi connectivity index (χ1n) is 11.0. The van der Waals surface area contributed by atoms with Gasteiger partial charge in [0.05, 0.1) is 0 Å². The molecule has 5 heteroatoms. The Kier molecular flexibility index (Phi) is 8.08. The molecule has 0 heterocycles. The van der Waals surface area contributed by atoms with Gasteiger partial charge in [-0.25, -0.2) is 4.79 Å². The smallest absolute Gasteiger partial charge is 0.387 e. The van der Waals surface area contributed by atoms with E-state index in [2.05, 4.69) is 4.74 Å². The molecule has 0 aliphatic heterocycles. The minimum Gasteiger partial charge on any atom is -0.459 e. The van der Waals surface area contributed by atoms with E-state index >= 15 is 0 Å². The molecule has 2 saturated carbocycles. The van der Waals surface area contributed by atoms with Crippen molar-refractivity contribution in [3.8, 4) is 5.75 Å². The number of allylic oxidation sites excluding steroid dienone is 1. The predicted octanol–water partition coefficient (Wildman–Crippen LogP) is 6.63. The maximum Gasteiger partial charge on any atom is 0.387 e. The zero-order chi connectivity index (χ0) is 20.6. The fraction of sp³-hybridized carbons (Fsp3) is 0.625. The van der Waals surface area contributed by atoms with Crippen molar-refractivity contribution in [2.24, 2.45) is 11.8 Å². The SMILES string of the molecule is CC/C=C/C(=O)OC1CCC(C2CCC(c3ccc(OC(F)F)cc3)CC2)CC1. The second-order valence-corrected chi connectivity index (χ2v) is 8.34. The number of hydrogen-bond donors (Lipinski definition) is 0. The minimum atomic E-state index is -2.78. The highest BCUT2D eigenvalue weighted by Crippen LogP contribution is 2.43. The zero-order valence-electron chi connectivity index (χ0n) is 17.2. The average molecular weight is 407 g/mol. The number of carbonyl (C=O) groups excluding carboxylic acids is 1. The fourth-order valence-corrected chi connectivity index (χ4v) is 4.94. The number of esters is 1. The quantitative estimate of drug-likeness (QED) is 0.377. The van der Waals surface area contributed by atoms with Gasteiger partial charge in [0.2, 0.25) is 0 Å². The van der Waals surface area contributed by atoms with Gasteiger partial charge in [0.25, 0.3) is 0 Å². The van der Waals surface area contributed by atoms with E-state index in [1.165, 1.54) is 18.4 Å². The number of rotatable bonds is 7. The standard InChI is InChI=1S/C24H32F2O3/c1-2-3-4-23(27)28-21-13-9-19(10-14-21)17-5-7-18(8-6-17)20-11-15-22(16-12-20)29-24(25)26/h3-4,11-12,15-19,21,24H,2,5-10,13-14H2,1H3/b4-3+. The van der Waals surface area contributed by atoms with Crippen LogP contribution in [0.3, 0.4) is 0 Å². The molecule has 3 nitrogen and oxygen atoms in total. The Morgan fingerprint density at radius 3 is 2.14 bits per heavy atom. The molecule has 0 saturated heterocycles. The molecule has 0 spiro atoms. The van der Waals surface area contributed by atoms with E-state index in [1.807, 2.05) is 25.1 Å². The molecule has 0 N–H and O–H groups in total. The van der Waals surface area contributed by atoms with Crippen LogP contribution in [0.5, 0.6) is 5.75 Å². The molecule has 1 aromatic rings. The third kappa shape index (κ3) is 6.55. The second-order valence-electron chi connectivity index (χ2n) is 8.34. The Balaban J connectivity index is 1.41. The number of carbonyl (C=O) groups is 1. The van der Waals surface area contributed by atoms with Crippen LogP contribution in [0.15, 0.2) is 36.4 Å². The molecule has 2 aliphatic carbocycles. The lowest BCUT2D eigenvalue weighted by molar-refractivity contribution is -0.145.